The van der Waals surface area contributed by atoms with Crippen LogP contribution in [0.1, 0.15) is 37.8 Å². The van der Waals surface area contributed by atoms with Crippen molar-refractivity contribution < 1.29 is 9.53 Å². The fraction of sp³-hybridized carbons (Fsp3) is 0.545. The van der Waals surface area contributed by atoms with Crippen LogP contribution >= 0.6 is 0 Å². The maximum Gasteiger partial charge on any atom is 0.225 e. The number of aryl methyl sites for hydroxylation is 1. The number of ether oxygens (including phenoxy) is 1. The maximum absolute atomic E-state index is 12.9. The smallest absolute Gasteiger partial charge is 0.225 e. The summed E-state index contributed by atoms with van der Waals surface area (Å²) in [5.74, 6) is 1.05. The topological polar surface area (TPSA) is 45.7 Å². The monoisotopic (exact) mass is 369 g/mol. The third-order valence-corrected chi connectivity index (χ3v) is 5.14. The van der Waals surface area contributed by atoms with Crippen LogP contribution in [0.4, 0.5) is 5.82 Å². The van der Waals surface area contributed by atoms with E-state index < -0.39 is 0 Å². The highest BCUT2D eigenvalue weighted by Gasteiger charge is 2.25. The second-order valence-corrected chi connectivity index (χ2v) is 8.02. The molecule has 1 atom stereocenters. The number of hydrogen-bond donors (Lipinski definition) is 0. The third-order valence-electron chi connectivity index (χ3n) is 5.14. The molecule has 0 N–H and O–H groups in total. The van der Waals surface area contributed by atoms with Gasteiger partial charge in [-0.05, 0) is 31.4 Å². The summed E-state index contributed by atoms with van der Waals surface area (Å²) in [7, 11) is 4.01. The number of nitrogens with zero attached hydrogens (tertiary/aromatic N) is 3. The average Bonchev–Trinajstić information content (AvgIpc) is 3.13. The van der Waals surface area contributed by atoms with Crippen molar-refractivity contribution in [3.05, 3.63) is 35.4 Å². The predicted molar refractivity (Wildman–Crippen MR) is 110 cm³/mol. The summed E-state index contributed by atoms with van der Waals surface area (Å²) < 4.78 is 5.79. The molecule has 5 nitrogen and oxygen atoms in total. The Morgan fingerprint density at radius 1 is 1.33 bits per heavy atom. The van der Waals surface area contributed by atoms with Crippen molar-refractivity contribution in [2.24, 2.45) is 5.92 Å². The van der Waals surface area contributed by atoms with Crippen LogP contribution in [0.5, 0.6) is 0 Å². The van der Waals surface area contributed by atoms with Crippen molar-refractivity contribution in [1.29, 1.82) is 0 Å². The quantitative estimate of drug-likeness (QED) is 0.777. The van der Waals surface area contributed by atoms with Gasteiger partial charge >= 0.3 is 0 Å². The Bertz CT molecular complexity index is 811. The summed E-state index contributed by atoms with van der Waals surface area (Å²) in [5.41, 5.74) is 3.26. The zero-order valence-corrected chi connectivity index (χ0v) is 17.2. The van der Waals surface area contributed by atoms with Crippen molar-refractivity contribution in [1.82, 2.24) is 9.88 Å². The Balaban J connectivity index is 1.97. The molecule has 0 spiro atoms. The van der Waals surface area contributed by atoms with Gasteiger partial charge < -0.3 is 14.5 Å². The average molecular weight is 370 g/mol. The SMILES string of the molecule is Cc1cccc2cc(CN(C[C@@H]3CCCO3)C(=O)C(C)C)c(N(C)C)nc12. The normalized spacial score (nSPS) is 16.9. The van der Waals surface area contributed by atoms with Crippen LogP contribution in [0.2, 0.25) is 0 Å². The number of carbonyl (C=O) groups excluding carboxylic acids is 1. The second-order valence-electron chi connectivity index (χ2n) is 8.02. The molecule has 27 heavy (non-hydrogen) atoms. The first-order chi connectivity index (χ1) is 12.9. The Morgan fingerprint density at radius 2 is 2.11 bits per heavy atom. The van der Waals surface area contributed by atoms with Gasteiger partial charge in [-0.2, -0.15) is 0 Å². The minimum atomic E-state index is -0.0372. The van der Waals surface area contributed by atoms with Gasteiger partial charge in [-0.1, -0.05) is 32.0 Å². The molecule has 0 unspecified atom stereocenters. The molecule has 3 rings (SSSR count). The molecule has 1 aliphatic rings. The fourth-order valence-corrected chi connectivity index (χ4v) is 3.72. The summed E-state index contributed by atoms with van der Waals surface area (Å²) in [4.78, 5) is 21.8. The standard InChI is InChI=1S/C22H31N3O2/c1-15(2)22(26)25(14-19-10-7-11-27-19)13-18-12-17-9-6-8-16(3)20(17)23-21(18)24(4)5/h6,8-9,12,15,19H,7,10-11,13-14H2,1-5H3/t19-/m0/s1. The Labute approximate surface area is 162 Å². The van der Waals surface area contributed by atoms with Crippen LogP contribution in [-0.2, 0) is 16.1 Å². The van der Waals surface area contributed by atoms with Gasteiger partial charge in [0, 0.05) is 50.7 Å². The van der Waals surface area contributed by atoms with E-state index in [1.54, 1.807) is 0 Å². The van der Waals surface area contributed by atoms with Crippen molar-refractivity contribution in [2.75, 3.05) is 32.1 Å². The van der Waals surface area contributed by atoms with Crippen LogP contribution in [0, 0.1) is 12.8 Å². The highest BCUT2D eigenvalue weighted by molar-refractivity contribution is 5.85. The summed E-state index contributed by atoms with van der Waals surface area (Å²) in [6.07, 6.45) is 2.25. The number of aromatic nitrogens is 1. The van der Waals surface area contributed by atoms with Gasteiger partial charge in [0.1, 0.15) is 5.82 Å². The van der Waals surface area contributed by atoms with Crippen LogP contribution < -0.4 is 4.90 Å². The highest BCUT2D eigenvalue weighted by Crippen LogP contribution is 2.27. The van der Waals surface area contributed by atoms with Crippen LogP contribution in [-0.4, -0.2) is 49.1 Å². The fourth-order valence-electron chi connectivity index (χ4n) is 3.72. The van der Waals surface area contributed by atoms with Gasteiger partial charge in [-0.3, -0.25) is 4.79 Å². The highest BCUT2D eigenvalue weighted by atomic mass is 16.5. The molecule has 5 heteroatoms. The minimum absolute atomic E-state index is 0.0372. The number of pyridine rings is 1. The summed E-state index contributed by atoms with van der Waals surface area (Å²) in [6.45, 7) is 8.00. The molecule has 1 aromatic heterocycles. The van der Waals surface area contributed by atoms with E-state index in [1.165, 1.54) is 0 Å². The first-order valence-corrected chi connectivity index (χ1v) is 9.83. The van der Waals surface area contributed by atoms with E-state index in [2.05, 4.69) is 31.2 Å². The largest absolute Gasteiger partial charge is 0.376 e. The number of benzene rings is 1. The lowest BCUT2D eigenvalue weighted by molar-refractivity contribution is -0.136. The van der Waals surface area contributed by atoms with Crippen molar-refractivity contribution in [2.45, 2.75) is 46.3 Å². The number of anilines is 1. The number of amides is 1. The van der Waals surface area contributed by atoms with Crippen LogP contribution in [0.3, 0.4) is 0 Å². The molecule has 0 aliphatic carbocycles. The summed E-state index contributed by atoms with van der Waals surface area (Å²) in [5, 5.41) is 1.12. The Kier molecular flexibility index (Phi) is 6.00. The molecule has 1 aliphatic heterocycles. The van der Waals surface area contributed by atoms with E-state index in [9.17, 15) is 4.79 Å². The lowest BCUT2D eigenvalue weighted by Crippen LogP contribution is -2.39. The van der Waals surface area contributed by atoms with Gasteiger partial charge in [-0.25, -0.2) is 4.98 Å². The predicted octanol–water partition coefficient (Wildman–Crippen LogP) is 3.77. The first kappa shape index (κ1) is 19.6. The maximum atomic E-state index is 12.9. The molecule has 1 amide bonds. The number of hydrogen-bond acceptors (Lipinski definition) is 4. The zero-order valence-electron chi connectivity index (χ0n) is 17.2. The molecule has 0 radical (unpaired) electrons. The summed E-state index contributed by atoms with van der Waals surface area (Å²) >= 11 is 0. The molecule has 146 valence electrons. The van der Waals surface area contributed by atoms with E-state index in [1.807, 2.05) is 37.7 Å². The zero-order chi connectivity index (χ0) is 19.6. The molecular formula is C22H31N3O2. The molecule has 2 heterocycles. The molecule has 1 saturated heterocycles. The van der Waals surface area contributed by atoms with E-state index in [4.69, 9.17) is 9.72 Å². The van der Waals surface area contributed by atoms with Gasteiger partial charge in [0.2, 0.25) is 5.91 Å². The van der Waals surface area contributed by atoms with Crippen LogP contribution in [0.25, 0.3) is 10.9 Å². The third kappa shape index (κ3) is 4.41. The number of rotatable bonds is 6. The van der Waals surface area contributed by atoms with E-state index in [-0.39, 0.29) is 17.9 Å². The van der Waals surface area contributed by atoms with Crippen molar-refractivity contribution >= 4 is 22.6 Å². The second kappa shape index (κ2) is 8.26. The van der Waals surface area contributed by atoms with E-state index in [0.29, 0.717) is 13.1 Å². The Morgan fingerprint density at radius 3 is 2.74 bits per heavy atom. The molecular weight excluding hydrogens is 338 g/mol. The lowest BCUT2D eigenvalue weighted by Gasteiger charge is -2.29. The molecule has 0 saturated carbocycles. The number of para-hydroxylation sites is 1. The Hall–Kier alpha value is -2.14. The van der Waals surface area contributed by atoms with Gasteiger partial charge in [0.25, 0.3) is 0 Å². The summed E-state index contributed by atoms with van der Waals surface area (Å²) in [6, 6.07) is 8.41. The van der Waals surface area contributed by atoms with Gasteiger partial charge in [0.05, 0.1) is 11.6 Å². The number of carbonyl (C=O) groups is 1. The molecule has 0 bridgehead atoms. The molecule has 2 aromatic rings. The van der Waals surface area contributed by atoms with E-state index in [0.717, 1.165) is 47.3 Å². The van der Waals surface area contributed by atoms with Gasteiger partial charge in [-0.15, -0.1) is 0 Å². The minimum Gasteiger partial charge on any atom is -0.376 e. The first-order valence-electron chi connectivity index (χ1n) is 9.83. The number of fused-ring (bicyclic) bond motifs is 1. The van der Waals surface area contributed by atoms with Crippen molar-refractivity contribution in [3.63, 3.8) is 0 Å². The molecule has 1 fully saturated rings. The van der Waals surface area contributed by atoms with Crippen LogP contribution in [0.15, 0.2) is 24.3 Å². The van der Waals surface area contributed by atoms with E-state index >= 15 is 0 Å². The van der Waals surface area contributed by atoms with Crippen molar-refractivity contribution in [3.8, 4) is 0 Å². The van der Waals surface area contributed by atoms with Gasteiger partial charge in [0.15, 0.2) is 0 Å². The molecule has 1 aromatic carbocycles. The lowest BCUT2D eigenvalue weighted by atomic mass is 10.1.